The van der Waals surface area contributed by atoms with Crippen LogP contribution in [-0.4, -0.2) is 21.6 Å². The first kappa shape index (κ1) is 21.6. The van der Waals surface area contributed by atoms with E-state index in [-0.39, 0.29) is 40.4 Å². The lowest BCUT2D eigenvalue weighted by Crippen LogP contribution is -1.98. The number of hydrogen-bond acceptors (Lipinski definition) is 4. The van der Waals surface area contributed by atoms with Crippen molar-refractivity contribution in [2.75, 3.05) is 0 Å². The fourth-order valence-corrected chi connectivity index (χ4v) is 2.62. The number of phenols is 3. The Kier molecular flexibility index (Phi) is 8.17. The highest BCUT2D eigenvalue weighted by molar-refractivity contribution is 5.86. The zero-order valence-corrected chi connectivity index (χ0v) is 16.4. The fraction of sp³-hybridized carbons (Fsp3) is 0.409. The maximum atomic E-state index is 11.3. The molecule has 0 aliphatic heterocycles. The third-order valence-electron chi connectivity index (χ3n) is 4.23. The normalized spacial score (nSPS) is 11.2. The number of carbonyl (C=O) groups is 1. The Morgan fingerprint density at radius 3 is 1.73 bits per heavy atom. The summed E-state index contributed by atoms with van der Waals surface area (Å²) in [6, 6.07) is 0. The second kappa shape index (κ2) is 9.85. The van der Waals surface area contributed by atoms with E-state index < -0.39 is 0 Å². The summed E-state index contributed by atoms with van der Waals surface area (Å²) < 4.78 is 0. The number of phenolic OH excluding ortho intramolecular Hbond substituents is 3. The lowest BCUT2D eigenvalue weighted by atomic mass is 9.95. The van der Waals surface area contributed by atoms with E-state index in [1.165, 1.54) is 5.57 Å². The SMILES string of the molecule is CC(C)=CCC/C(C)=C/Cc1c(O)c(C=O)c(O)c(CC=C(C)C)c1O. The first-order chi connectivity index (χ1) is 12.2. The van der Waals surface area contributed by atoms with Crippen LogP contribution in [0.3, 0.4) is 0 Å². The Labute approximate surface area is 156 Å². The molecule has 0 spiro atoms. The molecule has 4 heteroatoms. The summed E-state index contributed by atoms with van der Waals surface area (Å²) in [5.74, 6) is -0.874. The summed E-state index contributed by atoms with van der Waals surface area (Å²) in [4.78, 5) is 11.3. The second-order valence-electron chi connectivity index (χ2n) is 7.09. The molecule has 0 bridgehead atoms. The average molecular weight is 358 g/mol. The van der Waals surface area contributed by atoms with E-state index in [0.717, 1.165) is 24.0 Å². The molecule has 0 saturated heterocycles. The van der Waals surface area contributed by atoms with Gasteiger partial charge in [-0.1, -0.05) is 34.9 Å². The molecule has 0 saturated carbocycles. The van der Waals surface area contributed by atoms with Gasteiger partial charge in [-0.25, -0.2) is 0 Å². The minimum absolute atomic E-state index is 0.156. The van der Waals surface area contributed by atoms with Gasteiger partial charge in [-0.2, -0.15) is 0 Å². The van der Waals surface area contributed by atoms with Crippen LogP contribution in [0, 0.1) is 0 Å². The smallest absolute Gasteiger partial charge is 0.157 e. The summed E-state index contributed by atoms with van der Waals surface area (Å²) in [7, 11) is 0. The van der Waals surface area contributed by atoms with E-state index in [1.807, 2.05) is 32.9 Å². The molecule has 0 aliphatic rings. The zero-order chi connectivity index (χ0) is 19.9. The van der Waals surface area contributed by atoms with Crippen LogP contribution in [0.25, 0.3) is 0 Å². The van der Waals surface area contributed by atoms with Gasteiger partial charge in [0, 0.05) is 11.1 Å². The molecule has 0 aromatic heterocycles. The van der Waals surface area contributed by atoms with Gasteiger partial charge in [0.25, 0.3) is 0 Å². The summed E-state index contributed by atoms with van der Waals surface area (Å²) in [5, 5.41) is 31.1. The average Bonchev–Trinajstić information content (AvgIpc) is 2.54. The van der Waals surface area contributed by atoms with Crippen LogP contribution in [0.2, 0.25) is 0 Å². The van der Waals surface area contributed by atoms with Crippen LogP contribution >= 0.6 is 0 Å². The molecule has 0 atom stereocenters. The molecule has 1 rings (SSSR count). The van der Waals surface area contributed by atoms with Crippen molar-refractivity contribution in [3.63, 3.8) is 0 Å². The van der Waals surface area contributed by atoms with Crippen molar-refractivity contribution in [1.82, 2.24) is 0 Å². The second-order valence-corrected chi connectivity index (χ2v) is 7.09. The summed E-state index contributed by atoms with van der Waals surface area (Å²) >= 11 is 0. The third kappa shape index (κ3) is 5.80. The van der Waals surface area contributed by atoms with E-state index >= 15 is 0 Å². The van der Waals surface area contributed by atoms with Crippen LogP contribution in [0.4, 0.5) is 0 Å². The van der Waals surface area contributed by atoms with E-state index in [2.05, 4.69) is 19.9 Å². The van der Waals surface area contributed by atoms with E-state index in [1.54, 1.807) is 0 Å². The van der Waals surface area contributed by atoms with Gasteiger partial charge in [0.15, 0.2) is 6.29 Å². The predicted molar refractivity (Wildman–Crippen MR) is 106 cm³/mol. The molecule has 1 aromatic carbocycles. The summed E-state index contributed by atoms with van der Waals surface area (Å²) in [6.45, 7) is 9.93. The van der Waals surface area contributed by atoms with Gasteiger partial charge in [-0.15, -0.1) is 0 Å². The Bertz CT molecular complexity index is 744. The third-order valence-corrected chi connectivity index (χ3v) is 4.23. The molecule has 1 aromatic rings. The van der Waals surface area contributed by atoms with Crippen LogP contribution in [-0.2, 0) is 12.8 Å². The zero-order valence-electron chi connectivity index (χ0n) is 16.4. The van der Waals surface area contributed by atoms with Crippen molar-refractivity contribution >= 4 is 6.29 Å². The number of rotatable bonds is 8. The maximum absolute atomic E-state index is 11.3. The van der Waals surface area contributed by atoms with Gasteiger partial charge >= 0.3 is 0 Å². The lowest BCUT2D eigenvalue weighted by Gasteiger charge is -2.15. The number of allylic oxidation sites excluding steroid dienone is 6. The van der Waals surface area contributed by atoms with Crippen molar-refractivity contribution in [1.29, 1.82) is 0 Å². The number of aromatic hydroxyl groups is 3. The first-order valence-electron chi connectivity index (χ1n) is 8.85. The van der Waals surface area contributed by atoms with Crippen LogP contribution in [0.1, 0.15) is 68.9 Å². The van der Waals surface area contributed by atoms with Gasteiger partial charge in [0.05, 0.1) is 5.56 Å². The van der Waals surface area contributed by atoms with Gasteiger partial charge in [-0.05, 0) is 60.3 Å². The minimum Gasteiger partial charge on any atom is -0.507 e. The lowest BCUT2D eigenvalue weighted by molar-refractivity contribution is 0.111. The van der Waals surface area contributed by atoms with Crippen LogP contribution in [0.15, 0.2) is 34.9 Å². The monoisotopic (exact) mass is 358 g/mol. The van der Waals surface area contributed by atoms with Crippen molar-refractivity contribution in [2.45, 2.75) is 60.3 Å². The van der Waals surface area contributed by atoms with E-state index in [4.69, 9.17) is 0 Å². The standard InChI is InChI=1S/C22H30O4/c1-14(2)7-6-8-16(5)10-12-18-20(24)17(11-9-15(3)4)21(25)19(13-23)22(18)26/h7,9-10,13,24-26H,6,8,11-12H2,1-5H3/b16-10+. The van der Waals surface area contributed by atoms with Crippen molar-refractivity contribution in [2.24, 2.45) is 0 Å². The quantitative estimate of drug-likeness (QED) is 0.432. The summed E-state index contributed by atoms with van der Waals surface area (Å²) in [5.41, 5.74) is 3.78. The molecule has 0 amide bonds. The maximum Gasteiger partial charge on any atom is 0.157 e. The van der Waals surface area contributed by atoms with Crippen molar-refractivity contribution in [3.8, 4) is 17.2 Å². The molecular weight excluding hydrogens is 328 g/mol. The van der Waals surface area contributed by atoms with E-state index in [9.17, 15) is 20.1 Å². The molecule has 0 radical (unpaired) electrons. The molecule has 3 N–H and O–H groups in total. The number of benzene rings is 1. The Hall–Kier alpha value is -2.49. The molecule has 0 heterocycles. The van der Waals surface area contributed by atoms with Gasteiger partial charge < -0.3 is 15.3 Å². The van der Waals surface area contributed by atoms with Gasteiger partial charge in [0.1, 0.15) is 17.2 Å². The predicted octanol–water partition coefficient (Wildman–Crippen LogP) is 5.36. The van der Waals surface area contributed by atoms with Crippen molar-refractivity contribution < 1.29 is 20.1 Å². The van der Waals surface area contributed by atoms with Crippen LogP contribution < -0.4 is 0 Å². The highest BCUT2D eigenvalue weighted by Crippen LogP contribution is 2.42. The minimum atomic E-state index is -0.361. The fourth-order valence-electron chi connectivity index (χ4n) is 2.62. The molecule has 0 fully saturated rings. The number of carbonyl (C=O) groups excluding carboxylic acids is 1. The topological polar surface area (TPSA) is 77.8 Å². The van der Waals surface area contributed by atoms with Gasteiger partial charge in [0.2, 0.25) is 0 Å². The molecule has 26 heavy (non-hydrogen) atoms. The first-order valence-corrected chi connectivity index (χ1v) is 8.85. The summed E-state index contributed by atoms with van der Waals surface area (Å²) in [6.07, 6.45) is 8.77. The highest BCUT2D eigenvalue weighted by Gasteiger charge is 2.22. The molecule has 0 aliphatic carbocycles. The number of hydrogen-bond donors (Lipinski definition) is 3. The molecule has 142 valence electrons. The molecule has 4 nitrogen and oxygen atoms in total. The van der Waals surface area contributed by atoms with Crippen molar-refractivity contribution in [3.05, 3.63) is 51.6 Å². The highest BCUT2D eigenvalue weighted by atomic mass is 16.3. The Morgan fingerprint density at radius 1 is 0.769 bits per heavy atom. The van der Waals surface area contributed by atoms with E-state index in [0.29, 0.717) is 12.7 Å². The largest absolute Gasteiger partial charge is 0.507 e. The molecular formula is C22H30O4. The molecule has 0 unspecified atom stereocenters. The van der Waals surface area contributed by atoms with Crippen LogP contribution in [0.5, 0.6) is 17.2 Å². The number of aldehydes is 1. The Morgan fingerprint density at radius 2 is 1.27 bits per heavy atom. The Balaban J connectivity index is 3.21. The van der Waals surface area contributed by atoms with Gasteiger partial charge in [-0.3, -0.25) is 4.79 Å².